The van der Waals surface area contributed by atoms with Gasteiger partial charge in [0.2, 0.25) is 0 Å². The number of benzene rings is 1. The second-order valence-electron chi connectivity index (χ2n) is 3.82. The van der Waals surface area contributed by atoms with Crippen LogP contribution in [-0.4, -0.2) is 19.0 Å². The Balaban J connectivity index is 2.20. The Hall–Kier alpha value is -2.14. The van der Waals surface area contributed by atoms with Crippen LogP contribution in [-0.2, 0) is 9.53 Å². The molecule has 1 aromatic heterocycles. The van der Waals surface area contributed by atoms with Crippen LogP contribution in [0.5, 0.6) is 0 Å². The lowest BCUT2D eigenvalue weighted by Gasteiger charge is -2.16. The number of rotatable bonds is 4. The maximum absolute atomic E-state index is 12.0. The first-order valence-corrected chi connectivity index (χ1v) is 6.57. The van der Waals surface area contributed by atoms with Gasteiger partial charge in [0.15, 0.2) is 6.04 Å². The zero-order chi connectivity index (χ0) is 13.7. The van der Waals surface area contributed by atoms with Crippen LogP contribution in [0.1, 0.15) is 21.3 Å². The number of thiophene rings is 1. The van der Waals surface area contributed by atoms with E-state index >= 15 is 0 Å². The van der Waals surface area contributed by atoms with E-state index in [9.17, 15) is 9.59 Å². The zero-order valence-corrected chi connectivity index (χ0v) is 11.1. The maximum Gasteiger partial charge on any atom is 0.333 e. The Labute approximate surface area is 115 Å². The summed E-state index contributed by atoms with van der Waals surface area (Å²) in [5.41, 5.74) is 0.694. The van der Waals surface area contributed by atoms with Crippen molar-refractivity contribution in [2.45, 2.75) is 6.04 Å². The van der Waals surface area contributed by atoms with Crippen molar-refractivity contribution in [1.29, 1.82) is 0 Å². The molecule has 0 saturated heterocycles. The molecule has 98 valence electrons. The molecule has 0 fully saturated rings. The van der Waals surface area contributed by atoms with Crippen LogP contribution in [0.4, 0.5) is 0 Å². The second kappa shape index (κ2) is 6.15. The summed E-state index contributed by atoms with van der Waals surface area (Å²) in [5.74, 6) is -0.773. The van der Waals surface area contributed by atoms with Crippen molar-refractivity contribution in [3.63, 3.8) is 0 Å². The summed E-state index contributed by atoms with van der Waals surface area (Å²) < 4.78 is 4.73. The normalized spacial score (nSPS) is 11.6. The predicted octanol–water partition coefficient (Wildman–Crippen LogP) is 2.39. The van der Waals surface area contributed by atoms with Gasteiger partial charge >= 0.3 is 5.97 Å². The van der Waals surface area contributed by atoms with Crippen LogP contribution in [0.15, 0.2) is 47.8 Å². The highest BCUT2D eigenvalue weighted by Gasteiger charge is 2.24. The topological polar surface area (TPSA) is 55.4 Å². The largest absolute Gasteiger partial charge is 0.467 e. The summed E-state index contributed by atoms with van der Waals surface area (Å²) in [6.45, 7) is 0. The Bertz CT molecular complexity index is 551. The van der Waals surface area contributed by atoms with Gasteiger partial charge in [0, 0.05) is 0 Å². The number of ether oxygens (including phenoxy) is 1. The molecule has 0 spiro atoms. The van der Waals surface area contributed by atoms with Crippen LogP contribution in [0.25, 0.3) is 0 Å². The number of hydrogen-bond acceptors (Lipinski definition) is 4. The van der Waals surface area contributed by atoms with Gasteiger partial charge in [0.05, 0.1) is 12.0 Å². The second-order valence-corrected chi connectivity index (χ2v) is 4.77. The zero-order valence-electron chi connectivity index (χ0n) is 10.3. The van der Waals surface area contributed by atoms with Crippen molar-refractivity contribution in [1.82, 2.24) is 5.32 Å². The summed E-state index contributed by atoms with van der Waals surface area (Å²) in [6, 6.07) is 11.7. The van der Waals surface area contributed by atoms with Crippen molar-refractivity contribution in [3.05, 3.63) is 58.3 Å². The van der Waals surface area contributed by atoms with Gasteiger partial charge in [-0.15, -0.1) is 11.3 Å². The molecule has 0 bridgehead atoms. The van der Waals surface area contributed by atoms with Gasteiger partial charge in [-0.25, -0.2) is 4.79 Å². The molecule has 1 atom stereocenters. The van der Waals surface area contributed by atoms with E-state index in [-0.39, 0.29) is 5.91 Å². The first-order valence-electron chi connectivity index (χ1n) is 5.69. The lowest BCUT2D eigenvalue weighted by Crippen LogP contribution is -2.34. The van der Waals surface area contributed by atoms with E-state index in [1.54, 1.807) is 24.3 Å². The molecule has 5 heteroatoms. The minimum absolute atomic E-state index is 0.283. The molecule has 1 heterocycles. The van der Waals surface area contributed by atoms with Crippen LogP contribution in [0.3, 0.4) is 0 Å². The standard InChI is InChI=1S/C14H13NO3S/c1-18-14(17)12(10-6-3-2-4-7-10)15-13(16)11-8-5-9-19-11/h2-9,12H,1H3,(H,15,16). The summed E-state index contributed by atoms with van der Waals surface area (Å²) in [6.07, 6.45) is 0. The highest BCUT2D eigenvalue weighted by molar-refractivity contribution is 7.12. The first kappa shape index (κ1) is 13.3. The number of methoxy groups -OCH3 is 1. The molecule has 2 aromatic rings. The molecule has 1 unspecified atom stereocenters. The SMILES string of the molecule is COC(=O)C(NC(=O)c1cccs1)c1ccccc1. The van der Waals surface area contributed by atoms with E-state index in [2.05, 4.69) is 5.32 Å². The summed E-state index contributed by atoms with van der Waals surface area (Å²) in [5, 5.41) is 4.49. The van der Waals surface area contributed by atoms with Crippen molar-refractivity contribution in [2.24, 2.45) is 0 Å². The number of esters is 1. The molecule has 19 heavy (non-hydrogen) atoms. The molecular formula is C14H13NO3S. The Morgan fingerprint density at radius 3 is 2.47 bits per heavy atom. The lowest BCUT2D eigenvalue weighted by molar-refractivity contribution is -0.143. The quantitative estimate of drug-likeness (QED) is 0.872. The molecule has 0 aliphatic carbocycles. The predicted molar refractivity (Wildman–Crippen MR) is 73.0 cm³/mol. The van der Waals surface area contributed by atoms with E-state index in [1.165, 1.54) is 18.4 Å². The molecule has 0 aliphatic heterocycles. The highest BCUT2D eigenvalue weighted by atomic mass is 32.1. The monoisotopic (exact) mass is 275 g/mol. The summed E-state index contributed by atoms with van der Waals surface area (Å²) >= 11 is 1.32. The number of hydrogen-bond donors (Lipinski definition) is 1. The molecule has 0 aliphatic rings. The summed E-state index contributed by atoms with van der Waals surface area (Å²) in [4.78, 5) is 24.3. The molecular weight excluding hydrogens is 262 g/mol. The van der Waals surface area contributed by atoms with Gasteiger partial charge in [0.25, 0.3) is 5.91 Å². The third kappa shape index (κ3) is 3.20. The fraction of sp³-hybridized carbons (Fsp3) is 0.143. The van der Waals surface area contributed by atoms with E-state index < -0.39 is 12.0 Å². The van der Waals surface area contributed by atoms with Crippen LogP contribution >= 0.6 is 11.3 Å². The Kier molecular flexibility index (Phi) is 4.30. The molecule has 1 aromatic carbocycles. The van der Waals surface area contributed by atoms with Crippen molar-refractivity contribution in [2.75, 3.05) is 7.11 Å². The number of carbonyl (C=O) groups is 2. The molecule has 4 nitrogen and oxygen atoms in total. The van der Waals surface area contributed by atoms with Crippen molar-refractivity contribution < 1.29 is 14.3 Å². The highest BCUT2D eigenvalue weighted by Crippen LogP contribution is 2.16. The van der Waals surface area contributed by atoms with Crippen molar-refractivity contribution in [3.8, 4) is 0 Å². The van der Waals surface area contributed by atoms with E-state index in [4.69, 9.17) is 4.74 Å². The first-order chi connectivity index (χ1) is 9.22. The third-order valence-corrected chi connectivity index (χ3v) is 3.46. The van der Waals surface area contributed by atoms with Crippen molar-refractivity contribution >= 4 is 23.2 Å². The molecule has 1 N–H and O–H groups in total. The maximum atomic E-state index is 12.0. The van der Waals surface area contributed by atoms with Gasteiger partial charge in [-0.3, -0.25) is 4.79 Å². The average Bonchev–Trinajstić information content (AvgIpc) is 2.99. The number of carbonyl (C=O) groups excluding carboxylic acids is 2. The minimum atomic E-state index is -0.791. The Morgan fingerprint density at radius 2 is 1.89 bits per heavy atom. The Morgan fingerprint density at radius 1 is 1.16 bits per heavy atom. The average molecular weight is 275 g/mol. The van der Waals surface area contributed by atoms with Gasteiger partial charge in [-0.05, 0) is 17.0 Å². The molecule has 0 radical (unpaired) electrons. The van der Waals surface area contributed by atoms with Gasteiger partial charge < -0.3 is 10.1 Å². The fourth-order valence-corrected chi connectivity index (χ4v) is 2.28. The molecule has 0 saturated carbocycles. The van der Waals surface area contributed by atoms with Crippen LogP contribution < -0.4 is 5.32 Å². The van der Waals surface area contributed by atoms with Crippen LogP contribution in [0, 0.1) is 0 Å². The van der Waals surface area contributed by atoms with E-state index in [1.807, 2.05) is 23.6 Å². The lowest BCUT2D eigenvalue weighted by atomic mass is 10.1. The van der Waals surface area contributed by atoms with Gasteiger partial charge in [-0.2, -0.15) is 0 Å². The smallest absolute Gasteiger partial charge is 0.333 e. The van der Waals surface area contributed by atoms with Gasteiger partial charge in [0.1, 0.15) is 0 Å². The van der Waals surface area contributed by atoms with E-state index in [0.29, 0.717) is 10.4 Å². The fourth-order valence-electron chi connectivity index (χ4n) is 1.65. The van der Waals surface area contributed by atoms with Crippen LogP contribution in [0.2, 0.25) is 0 Å². The minimum Gasteiger partial charge on any atom is -0.467 e. The van der Waals surface area contributed by atoms with Gasteiger partial charge in [-0.1, -0.05) is 36.4 Å². The third-order valence-electron chi connectivity index (χ3n) is 2.59. The number of nitrogens with one attached hydrogen (secondary N) is 1. The number of amides is 1. The summed E-state index contributed by atoms with van der Waals surface area (Å²) in [7, 11) is 1.30. The molecule has 1 amide bonds. The van der Waals surface area contributed by atoms with E-state index in [0.717, 1.165) is 0 Å². The molecule has 2 rings (SSSR count).